The largest absolute Gasteiger partial charge is 0.497 e. The first-order valence-corrected chi connectivity index (χ1v) is 9.53. The van der Waals surface area contributed by atoms with Crippen molar-refractivity contribution in [2.75, 3.05) is 7.11 Å². The minimum absolute atomic E-state index is 0.325. The van der Waals surface area contributed by atoms with Crippen LogP contribution >= 0.6 is 15.9 Å². The number of halogens is 1. The Labute approximate surface area is 152 Å². The first-order valence-electron chi connectivity index (χ1n) is 7.20. The molecule has 0 N–H and O–H groups in total. The van der Waals surface area contributed by atoms with Crippen molar-refractivity contribution in [1.82, 2.24) is 0 Å². The highest BCUT2D eigenvalue weighted by Gasteiger charge is 2.18. The van der Waals surface area contributed by atoms with Crippen LogP contribution in [-0.4, -0.2) is 15.5 Å². The fraction of sp³-hybridized carbons (Fsp3) is 0.0556. The quantitative estimate of drug-likeness (QED) is 0.596. The minimum atomic E-state index is -3.94. The van der Waals surface area contributed by atoms with Gasteiger partial charge in [0.15, 0.2) is 4.90 Å². The van der Waals surface area contributed by atoms with E-state index < -0.39 is 20.4 Å². The molecule has 128 valence electrons. The maximum Gasteiger partial charge on any atom is 0.355 e. The van der Waals surface area contributed by atoms with Gasteiger partial charge in [-0.3, -0.25) is 0 Å². The van der Waals surface area contributed by atoms with Crippen molar-refractivity contribution in [3.63, 3.8) is 0 Å². The summed E-state index contributed by atoms with van der Waals surface area (Å²) in [7, 11) is -2.39. The molecule has 0 spiro atoms. The fourth-order valence-electron chi connectivity index (χ4n) is 2.23. The van der Waals surface area contributed by atoms with Crippen LogP contribution < -0.4 is 10.4 Å². The molecule has 2 aromatic carbocycles. The number of hydrogen-bond acceptors (Lipinski definition) is 5. The Morgan fingerprint density at radius 2 is 1.80 bits per heavy atom. The van der Waals surface area contributed by atoms with Crippen molar-refractivity contribution in [3.05, 3.63) is 74.4 Å². The summed E-state index contributed by atoms with van der Waals surface area (Å²) in [6.45, 7) is 0. The van der Waals surface area contributed by atoms with Gasteiger partial charge in [0.1, 0.15) is 11.3 Å². The second-order valence-electron chi connectivity index (χ2n) is 5.20. The van der Waals surface area contributed by atoms with E-state index in [1.165, 1.54) is 12.1 Å². The maximum absolute atomic E-state index is 12.5. The number of fused-ring (bicyclic) bond motifs is 1. The van der Waals surface area contributed by atoms with E-state index in [0.29, 0.717) is 22.3 Å². The maximum atomic E-state index is 12.5. The highest BCUT2D eigenvalue weighted by molar-refractivity contribution is 9.10. The van der Waals surface area contributed by atoms with E-state index >= 15 is 0 Å². The van der Waals surface area contributed by atoms with Crippen molar-refractivity contribution in [1.29, 1.82) is 0 Å². The summed E-state index contributed by atoms with van der Waals surface area (Å²) in [5.41, 5.74) is 0.0952. The number of methoxy groups -OCH3 is 1. The fourth-order valence-corrected chi connectivity index (χ4v) is 3.66. The van der Waals surface area contributed by atoms with Crippen LogP contribution in [0.5, 0.6) is 5.75 Å². The Morgan fingerprint density at radius 1 is 1.08 bits per heavy atom. The van der Waals surface area contributed by atoms with Crippen LogP contribution in [0.3, 0.4) is 0 Å². The molecule has 0 unspecified atom stereocenters. The molecule has 3 rings (SSSR count). The van der Waals surface area contributed by atoms with E-state index in [2.05, 4.69) is 15.9 Å². The molecule has 0 aliphatic heterocycles. The molecule has 0 radical (unpaired) electrons. The predicted molar refractivity (Wildman–Crippen MR) is 99.4 cm³/mol. The zero-order valence-electron chi connectivity index (χ0n) is 13.1. The van der Waals surface area contributed by atoms with Crippen molar-refractivity contribution in [2.24, 2.45) is 0 Å². The average Bonchev–Trinajstić information content (AvgIpc) is 2.60. The van der Waals surface area contributed by atoms with Crippen LogP contribution in [0.2, 0.25) is 0 Å². The van der Waals surface area contributed by atoms with Gasteiger partial charge in [-0.15, -0.1) is 0 Å². The average molecular weight is 421 g/mol. The number of ether oxygens (including phenoxy) is 1. The Balaban J connectivity index is 2.01. The van der Waals surface area contributed by atoms with Crippen LogP contribution in [0.15, 0.2) is 72.5 Å². The summed E-state index contributed by atoms with van der Waals surface area (Å²) >= 11 is 3.31. The summed E-state index contributed by atoms with van der Waals surface area (Å²) < 4.78 is 35.9. The minimum Gasteiger partial charge on any atom is -0.497 e. The van der Waals surface area contributed by atoms with E-state index in [-0.39, 0.29) is 0 Å². The Bertz CT molecular complexity index is 1110. The van der Waals surface area contributed by atoms with Gasteiger partial charge in [-0.05, 0) is 48.0 Å². The lowest BCUT2D eigenvalue weighted by Crippen LogP contribution is -2.11. The number of rotatable bonds is 4. The molecule has 0 aliphatic carbocycles. The smallest absolute Gasteiger partial charge is 0.355 e. The van der Waals surface area contributed by atoms with Gasteiger partial charge in [-0.25, -0.2) is 13.2 Å². The Hall–Kier alpha value is -2.38. The Morgan fingerprint density at radius 3 is 2.48 bits per heavy atom. The van der Waals surface area contributed by atoms with Crippen molar-refractivity contribution in [3.8, 4) is 5.75 Å². The van der Waals surface area contributed by atoms with E-state index in [1.54, 1.807) is 49.6 Å². The van der Waals surface area contributed by atoms with E-state index in [0.717, 1.165) is 9.88 Å². The summed E-state index contributed by atoms with van der Waals surface area (Å²) in [6, 6.07) is 13.2. The summed E-state index contributed by atoms with van der Waals surface area (Å²) in [5, 5.41) is 1.51. The van der Waals surface area contributed by atoms with Crippen molar-refractivity contribution >= 4 is 42.8 Å². The molecule has 7 heteroatoms. The summed E-state index contributed by atoms with van der Waals surface area (Å²) in [4.78, 5) is 11.7. The zero-order chi connectivity index (χ0) is 18.0. The topological polar surface area (TPSA) is 73.6 Å². The first kappa shape index (κ1) is 17.4. The first-order chi connectivity index (χ1) is 11.9. The molecule has 1 aromatic heterocycles. The van der Waals surface area contributed by atoms with Crippen LogP contribution in [0.25, 0.3) is 17.0 Å². The van der Waals surface area contributed by atoms with Gasteiger partial charge in [0.25, 0.3) is 0 Å². The Kier molecular flexibility index (Phi) is 4.78. The third kappa shape index (κ3) is 3.83. The molecule has 3 aromatic rings. The lowest BCUT2D eigenvalue weighted by Gasteiger charge is -2.02. The van der Waals surface area contributed by atoms with E-state index in [9.17, 15) is 13.2 Å². The van der Waals surface area contributed by atoms with Gasteiger partial charge >= 0.3 is 5.63 Å². The molecule has 0 bridgehead atoms. The number of benzene rings is 2. The van der Waals surface area contributed by atoms with Crippen molar-refractivity contribution in [2.45, 2.75) is 4.90 Å². The molecular weight excluding hydrogens is 408 g/mol. The third-order valence-corrected chi connectivity index (χ3v) is 5.41. The number of hydrogen-bond donors (Lipinski definition) is 0. The number of sulfone groups is 1. The molecule has 0 fully saturated rings. The van der Waals surface area contributed by atoms with Gasteiger partial charge in [0.2, 0.25) is 9.84 Å². The molecule has 1 heterocycles. The van der Waals surface area contributed by atoms with Gasteiger partial charge in [0.05, 0.1) is 7.11 Å². The van der Waals surface area contributed by atoms with E-state index in [4.69, 9.17) is 9.15 Å². The standard InChI is InChI=1S/C18H13BrO5S/c1-23-15-5-2-12(3-6-15)8-9-25(21,22)17-11-13-10-14(19)4-7-16(13)24-18(17)20/h2-11H,1H3. The lowest BCUT2D eigenvalue weighted by atomic mass is 10.2. The molecule has 25 heavy (non-hydrogen) atoms. The second kappa shape index (κ2) is 6.85. The van der Waals surface area contributed by atoms with Crippen molar-refractivity contribution < 1.29 is 17.6 Å². The monoisotopic (exact) mass is 420 g/mol. The van der Waals surface area contributed by atoms with Gasteiger partial charge in [-0.2, -0.15) is 0 Å². The summed E-state index contributed by atoms with van der Waals surface area (Å²) in [5.74, 6) is 0.667. The SMILES string of the molecule is COc1ccc(C=CS(=O)(=O)c2cc3cc(Br)ccc3oc2=O)cc1. The van der Waals surface area contributed by atoms with Crippen LogP contribution in [0.4, 0.5) is 0 Å². The van der Waals surface area contributed by atoms with E-state index in [1.807, 2.05) is 0 Å². The third-order valence-electron chi connectivity index (χ3n) is 3.52. The molecule has 0 saturated heterocycles. The molecule has 0 atom stereocenters. The second-order valence-corrected chi connectivity index (χ2v) is 7.92. The molecule has 0 saturated carbocycles. The van der Waals surface area contributed by atoms with Crippen LogP contribution in [0.1, 0.15) is 5.56 Å². The van der Waals surface area contributed by atoms with Crippen LogP contribution in [0, 0.1) is 0 Å². The molecule has 0 aliphatic rings. The molecule has 5 nitrogen and oxygen atoms in total. The van der Waals surface area contributed by atoms with Gasteiger partial charge in [0, 0.05) is 15.3 Å². The zero-order valence-corrected chi connectivity index (χ0v) is 15.5. The lowest BCUT2D eigenvalue weighted by molar-refractivity contribution is 0.415. The van der Waals surface area contributed by atoms with Gasteiger partial charge < -0.3 is 9.15 Å². The molecular formula is C18H13BrO5S. The normalized spacial score (nSPS) is 11.9. The summed E-state index contributed by atoms with van der Waals surface area (Å²) in [6.07, 6.45) is 1.42. The van der Waals surface area contributed by atoms with Gasteiger partial charge in [-0.1, -0.05) is 28.1 Å². The predicted octanol–water partition coefficient (Wildman–Crippen LogP) is 4.01. The highest BCUT2D eigenvalue weighted by Crippen LogP contribution is 2.22. The molecule has 0 amide bonds. The highest BCUT2D eigenvalue weighted by atomic mass is 79.9. The van der Waals surface area contributed by atoms with Crippen LogP contribution in [-0.2, 0) is 9.84 Å².